The summed E-state index contributed by atoms with van der Waals surface area (Å²) in [5.41, 5.74) is 1.94. The molecule has 0 amide bonds. The van der Waals surface area contributed by atoms with Crippen molar-refractivity contribution in [3.05, 3.63) is 35.7 Å². The monoisotopic (exact) mass is 438 g/mol. The van der Waals surface area contributed by atoms with Crippen LogP contribution in [0, 0.1) is 0 Å². The quantitative estimate of drug-likeness (QED) is 0.689. The Hall–Kier alpha value is -2.45. The lowest BCUT2D eigenvalue weighted by atomic mass is 10.3. The summed E-state index contributed by atoms with van der Waals surface area (Å²) in [4.78, 5) is 15.7. The minimum Gasteiger partial charge on any atom is -0.475 e. The third-order valence-electron chi connectivity index (χ3n) is 3.85. The molecule has 14 heteroatoms. The lowest BCUT2D eigenvalue weighted by Gasteiger charge is -2.26. The van der Waals surface area contributed by atoms with Crippen LogP contribution in [0.15, 0.2) is 18.6 Å². The van der Waals surface area contributed by atoms with Gasteiger partial charge in [0.05, 0.1) is 31.2 Å². The number of nitrogens with one attached hydrogen (secondary N) is 1. The Morgan fingerprint density at radius 1 is 1.31 bits per heavy atom. The Morgan fingerprint density at radius 3 is 2.48 bits per heavy atom. The van der Waals surface area contributed by atoms with E-state index in [0.29, 0.717) is 0 Å². The first kappa shape index (κ1) is 22.8. The number of aryl methyl sites for hydroxylation is 1. The number of carbonyl (C=O) groups is 1. The van der Waals surface area contributed by atoms with Gasteiger partial charge in [-0.3, -0.25) is 9.58 Å². The van der Waals surface area contributed by atoms with Crippen LogP contribution in [-0.2, 0) is 48.0 Å². The van der Waals surface area contributed by atoms with E-state index >= 15 is 0 Å². The number of carboxylic acids is 1. The maximum Gasteiger partial charge on any atom is 0.490 e. The van der Waals surface area contributed by atoms with Crippen molar-refractivity contribution >= 4 is 16.0 Å². The van der Waals surface area contributed by atoms with Crippen molar-refractivity contribution in [1.82, 2.24) is 29.0 Å². The number of hydrogen-bond donors (Lipinski definition) is 2. The number of alkyl halides is 3. The van der Waals surface area contributed by atoms with Gasteiger partial charge in [0, 0.05) is 44.6 Å². The van der Waals surface area contributed by atoms with Crippen molar-refractivity contribution in [3.8, 4) is 0 Å². The maximum absolute atomic E-state index is 11.1. The van der Waals surface area contributed by atoms with E-state index in [1.54, 1.807) is 4.68 Å². The minimum atomic E-state index is -5.08. The smallest absolute Gasteiger partial charge is 0.475 e. The molecule has 0 aliphatic carbocycles. The topological polar surface area (TPSA) is 122 Å². The fourth-order valence-corrected chi connectivity index (χ4v) is 3.01. The summed E-state index contributed by atoms with van der Waals surface area (Å²) >= 11 is 0. The largest absolute Gasteiger partial charge is 0.490 e. The molecule has 0 radical (unpaired) electrons. The summed E-state index contributed by atoms with van der Waals surface area (Å²) < 4.78 is 60.4. The molecule has 2 N–H and O–H groups in total. The van der Waals surface area contributed by atoms with Crippen LogP contribution >= 0.6 is 0 Å². The van der Waals surface area contributed by atoms with Gasteiger partial charge in [-0.2, -0.15) is 18.3 Å². The second kappa shape index (κ2) is 8.92. The standard InChI is InChI=1S/C13H20N6O2S.C2HF3O2/c1-17-7-11(5-14-17)8-18-3-4-19-9-12(16-13(19)10-18)6-15-22(2,20)21;3-2(4,5)1(6)7/h5,7,9,15H,3-4,6,8,10H2,1-2H3;(H,6,7). The predicted molar refractivity (Wildman–Crippen MR) is 94.9 cm³/mol. The molecule has 0 saturated heterocycles. The van der Waals surface area contributed by atoms with Crippen molar-refractivity contribution < 1.29 is 31.5 Å². The molecule has 0 atom stereocenters. The SMILES string of the molecule is Cn1cc(CN2CCn3cc(CNS(C)(=O)=O)nc3C2)cn1.O=C(O)C(F)(F)F. The number of imidazole rings is 1. The number of aromatic nitrogens is 4. The van der Waals surface area contributed by atoms with Gasteiger partial charge in [0.15, 0.2) is 0 Å². The van der Waals surface area contributed by atoms with E-state index in [4.69, 9.17) is 9.90 Å². The number of hydrogen-bond acceptors (Lipinski definition) is 6. The van der Waals surface area contributed by atoms with Crippen molar-refractivity contribution in [3.63, 3.8) is 0 Å². The Morgan fingerprint density at radius 2 is 1.97 bits per heavy atom. The fourth-order valence-electron chi connectivity index (χ4n) is 2.60. The zero-order valence-electron chi connectivity index (χ0n) is 15.7. The molecule has 10 nitrogen and oxygen atoms in total. The highest BCUT2D eigenvalue weighted by molar-refractivity contribution is 7.88. The summed E-state index contributed by atoms with van der Waals surface area (Å²) in [5.74, 6) is -1.78. The van der Waals surface area contributed by atoms with Gasteiger partial charge in [0.2, 0.25) is 10.0 Å². The van der Waals surface area contributed by atoms with Crippen molar-refractivity contribution in [2.75, 3.05) is 12.8 Å². The first-order valence-corrected chi connectivity index (χ1v) is 10.2. The van der Waals surface area contributed by atoms with Crippen LogP contribution in [0.1, 0.15) is 17.1 Å². The number of sulfonamides is 1. The molecular weight excluding hydrogens is 417 g/mol. The van der Waals surface area contributed by atoms with E-state index in [-0.39, 0.29) is 6.54 Å². The first-order valence-electron chi connectivity index (χ1n) is 8.33. The van der Waals surface area contributed by atoms with Crippen LogP contribution in [0.2, 0.25) is 0 Å². The van der Waals surface area contributed by atoms with Gasteiger partial charge in [0.1, 0.15) is 5.82 Å². The van der Waals surface area contributed by atoms with Crippen LogP contribution in [-0.4, -0.2) is 62.7 Å². The average molecular weight is 438 g/mol. The molecule has 0 spiro atoms. The lowest BCUT2D eigenvalue weighted by molar-refractivity contribution is -0.192. The zero-order chi connectivity index (χ0) is 21.8. The third-order valence-corrected chi connectivity index (χ3v) is 4.52. The van der Waals surface area contributed by atoms with E-state index in [9.17, 15) is 21.6 Å². The second-order valence-corrected chi connectivity index (χ2v) is 8.30. The van der Waals surface area contributed by atoms with Gasteiger partial charge in [-0.1, -0.05) is 0 Å². The molecule has 29 heavy (non-hydrogen) atoms. The highest BCUT2D eigenvalue weighted by Crippen LogP contribution is 2.15. The number of carboxylic acid groups (broad SMARTS) is 1. The fraction of sp³-hybridized carbons (Fsp3) is 0.533. The molecule has 2 aromatic heterocycles. The summed E-state index contributed by atoms with van der Waals surface area (Å²) in [7, 11) is -1.28. The van der Waals surface area contributed by atoms with Gasteiger partial charge in [0.25, 0.3) is 0 Å². The van der Waals surface area contributed by atoms with Crippen LogP contribution in [0.5, 0.6) is 0 Å². The molecule has 162 valence electrons. The molecule has 3 rings (SSSR count). The second-order valence-electron chi connectivity index (χ2n) is 6.47. The predicted octanol–water partition coefficient (Wildman–Crippen LogP) is 0.315. The van der Waals surface area contributed by atoms with Gasteiger partial charge < -0.3 is 9.67 Å². The van der Waals surface area contributed by atoms with Gasteiger partial charge >= 0.3 is 12.1 Å². The number of aliphatic carboxylic acids is 1. The molecule has 2 aromatic rings. The summed E-state index contributed by atoms with van der Waals surface area (Å²) in [6, 6.07) is 0. The number of nitrogens with zero attached hydrogens (tertiary/aromatic N) is 5. The Bertz CT molecular complexity index is 954. The van der Waals surface area contributed by atoms with Crippen LogP contribution in [0.4, 0.5) is 13.2 Å². The highest BCUT2D eigenvalue weighted by atomic mass is 32.2. The maximum atomic E-state index is 11.1. The molecule has 0 aromatic carbocycles. The highest BCUT2D eigenvalue weighted by Gasteiger charge is 2.38. The van der Waals surface area contributed by atoms with E-state index in [1.807, 2.05) is 25.6 Å². The summed E-state index contributed by atoms with van der Waals surface area (Å²) in [5, 5.41) is 11.3. The molecule has 0 unspecified atom stereocenters. The minimum absolute atomic E-state index is 0.238. The number of halogens is 3. The average Bonchev–Trinajstić information content (AvgIpc) is 3.17. The van der Waals surface area contributed by atoms with Gasteiger partial charge in [-0.05, 0) is 0 Å². The Kier molecular flexibility index (Phi) is 7.02. The number of rotatable bonds is 5. The molecule has 0 bridgehead atoms. The summed E-state index contributed by atoms with van der Waals surface area (Å²) in [6.07, 6.45) is 1.89. The summed E-state index contributed by atoms with van der Waals surface area (Å²) in [6.45, 7) is 3.64. The molecule has 1 aliphatic rings. The van der Waals surface area contributed by atoms with Crippen LogP contribution in [0.3, 0.4) is 0 Å². The van der Waals surface area contributed by atoms with Crippen molar-refractivity contribution in [2.45, 2.75) is 32.4 Å². The number of fused-ring (bicyclic) bond motifs is 1. The van der Waals surface area contributed by atoms with Crippen LogP contribution < -0.4 is 4.72 Å². The molecule has 0 saturated carbocycles. The molecule has 1 aliphatic heterocycles. The van der Waals surface area contributed by atoms with Crippen LogP contribution in [0.25, 0.3) is 0 Å². The Balaban J connectivity index is 0.000000370. The van der Waals surface area contributed by atoms with E-state index in [2.05, 4.69) is 24.3 Å². The lowest BCUT2D eigenvalue weighted by Crippen LogP contribution is -2.33. The van der Waals surface area contributed by atoms with Gasteiger partial charge in [-0.15, -0.1) is 0 Å². The Labute approximate surface area is 165 Å². The first-order chi connectivity index (χ1) is 13.3. The van der Waals surface area contributed by atoms with Gasteiger partial charge in [-0.25, -0.2) is 22.9 Å². The zero-order valence-corrected chi connectivity index (χ0v) is 16.5. The van der Waals surface area contributed by atoms with E-state index in [1.165, 1.54) is 5.56 Å². The van der Waals surface area contributed by atoms with E-state index in [0.717, 1.165) is 44.0 Å². The molecule has 0 fully saturated rings. The molecule has 3 heterocycles. The van der Waals surface area contributed by atoms with Crippen molar-refractivity contribution in [1.29, 1.82) is 0 Å². The third kappa shape index (κ3) is 7.47. The van der Waals surface area contributed by atoms with Crippen molar-refractivity contribution in [2.24, 2.45) is 7.05 Å². The molecular formula is C15H21F3N6O4S. The normalized spacial score (nSPS) is 14.8. The van der Waals surface area contributed by atoms with E-state index < -0.39 is 22.2 Å².